The van der Waals surface area contributed by atoms with E-state index in [-0.39, 0.29) is 32.0 Å². The van der Waals surface area contributed by atoms with E-state index in [9.17, 15) is 19.0 Å². The van der Waals surface area contributed by atoms with Crippen LogP contribution in [0.1, 0.15) is 258 Å². The lowest BCUT2D eigenvalue weighted by Crippen LogP contribution is -2.37. The highest BCUT2D eigenvalue weighted by molar-refractivity contribution is 7.47. The minimum atomic E-state index is -4.39. The summed E-state index contributed by atoms with van der Waals surface area (Å²) >= 11 is 0. The van der Waals surface area contributed by atoms with Gasteiger partial charge in [0.15, 0.2) is 6.10 Å². The van der Waals surface area contributed by atoms with Crippen LogP contribution >= 0.6 is 7.82 Å². The normalized spacial score (nSPS) is 14.0. The van der Waals surface area contributed by atoms with Crippen molar-refractivity contribution in [1.29, 1.82) is 0 Å². The molecule has 0 aliphatic carbocycles. The Balaban J connectivity index is 4.05. The van der Waals surface area contributed by atoms with Gasteiger partial charge in [0.2, 0.25) is 0 Å². The summed E-state index contributed by atoms with van der Waals surface area (Å²) in [6, 6.07) is 0. The highest BCUT2D eigenvalue weighted by atomic mass is 31.2. The Labute approximate surface area is 492 Å². The van der Waals surface area contributed by atoms with Crippen molar-refractivity contribution >= 4 is 19.8 Å². The molecule has 0 radical (unpaired) electrons. The van der Waals surface area contributed by atoms with Crippen LogP contribution in [0, 0.1) is 0 Å². The molecule has 9 nitrogen and oxygen atoms in total. The second-order valence-corrected chi connectivity index (χ2v) is 23.9. The second-order valence-electron chi connectivity index (χ2n) is 22.4. The molecular formula is C70H121NO8P+. The van der Waals surface area contributed by atoms with E-state index >= 15 is 0 Å². The maximum Gasteiger partial charge on any atom is 0.472 e. The number of esters is 2. The molecule has 2 atom stereocenters. The molecule has 0 heterocycles. The fourth-order valence-electron chi connectivity index (χ4n) is 8.53. The van der Waals surface area contributed by atoms with Crippen LogP contribution in [0.2, 0.25) is 0 Å². The number of allylic oxidation sites excluding steroid dienone is 20. The van der Waals surface area contributed by atoms with E-state index in [0.717, 1.165) is 109 Å². The molecule has 80 heavy (non-hydrogen) atoms. The number of phosphoric ester groups is 1. The van der Waals surface area contributed by atoms with Crippen LogP contribution in [-0.2, 0) is 32.7 Å². The van der Waals surface area contributed by atoms with Crippen molar-refractivity contribution in [3.63, 3.8) is 0 Å². The Hall–Kier alpha value is -3.59. The molecular weight excluding hydrogens is 1010 g/mol. The zero-order chi connectivity index (χ0) is 58.4. The van der Waals surface area contributed by atoms with Gasteiger partial charge in [0, 0.05) is 12.8 Å². The maximum atomic E-state index is 12.8. The first-order valence-electron chi connectivity index (χ1n) is 32.3. The minimum absolute atomic E-state index is 0.0260. The summed E-state index contributed by atoms with van der Waals surface area (Å²) in [4.78, 5) is 35.7. The number of hydrogen-bond acceptors (Lipinski definition) is 7. The second kappa shape index (κ2) is 60.0. The average Bonchev–Trinajstić information content (AvgIpc) is 3.42. The molecule has 0 spiro atoms. The topological polar surface area (TPSA) is 108 Å². The van der Waals surface area contributed by atoms with Crippen molar-refractivity contribution in [2.45, 2.75) is 264 Å². The highest BCUT2D eigenvalue weighted by Gasteiger charge is 2.27. The molecule has 0 bridgehead atoms. The van der Waals surface area contributed by atoms with E-state index in [0.29, 0.717) is 17.4 Å². The van der Waals surface area contributed by atoms with Gasteiger partial charge in [-0.25, -0.2) is 4.57 Å². The molecule has 0 rings (SSSR count). The fourth-order valence-corrected chi connectivity index (χ4v) is 9.27. The van der Waals surface area contributed by atoms with Crippen LogP contribution in [0.4, 0.5) is 0 Å². The first-order chi connectivity index (χ1) is 39.0. The van der Waals surface area contributed by atoms with Crippen molar-refractivity contribution in [1.82, 2.24) is 0 Å². The van der Waals surface area contributed by atoms with Crippen LogP contribution in [0.25, 0.3) is 0 Å². The van der Waals surface area contributed by atoms with Crippen LogP contribution in [-0.4, -0.2) is 74.9 Å². The Kier molecular flexibility index (Phi) is 57.3. The van der Waals surface area contributed by atoms with E-state index in [1.165, 1.54) is 116 Å². The largest absolute Gasteiger partial charge is 0.472 e. The fraction of sp³-hybridized carbons (Fsp3) is 0.686. The summed E-state index contributed by atoms with van der Waals surface area (Å²) < 4.78 is 34.6. The van der Waals surface area contributed by atoms with Gasteiger partial charge < -0.3 is 18.9 Å². The van der Waals surface area contributed by atoms with Gasteiger partial charge >= 0.3 is 19.8 Å². The Morgan fingerprint density at radius 1 is 0.400 bits per heavy atom. The molecule has 0 aromatic heterocycles. The third kappa shape index (κ3) is 63.6. The average molecular weight is 1140 g/mol. The predicted molar refractivity (Wildman–Crippen MR) is 344 cm³/mol. The third-order valence-corrected chi connectivity index (χ3v) is 14.5. The molecule has 0 fully saturated rings. The van der Waals surface area contributed by atoms with Gasteiger partial charge in [-0.05, 0) is 109 Å². The molecule has 0 saturated carbocycles. The van der Waals surface area contributed by atoms with Gasteiger partial charge in [0.25, 0.3) is 0 Å². The van der Waals surface area contributed by atoms with E-state index in [1.807, 2.05) is 21.1 Å². The van der Waals surface area contributed by atoms with Crippen LogP contribution < -0.4 is 0 Å². The number of rotatable bonds is 58. The number of phosphoric acid groups is 1. The number of hydrogen-bond donors (Lipinski definition) is 1. The van der Waals surface area contributed by atoms with Crippen molar-refractivity contribution in [2.75, 3.05) is 47.5 Å². The number of ether oxygens (including phenoxy) is 2. The Bertz CT molecular complexity index is 1760. The minimum Gasteiger partial charge on any atom is -0.462 e. The standard InChI is InChI=1S/C70H120NO8P/c1-6-8-10-12-14-16-18-20-22-24-25-26-27-28-29-30-31-32-33-34-35-36-37-38-39-40-41-42-43-44-45-47-49-51-53-55-57-59-61-63-70(73)79-68(67-78-80(74,75)77-65-64-71(3,4)5)66-76-69(72)62-60-58-56-54-52-50-48-46-23-21-19-17-15-13-11-9-7-2/h8,10,14-17,20-23,25-26,28-29,31-32,34-35,37-38,68H,6-7,9,11-13,18-19,24,27,30,33,36,39-67H2,1-5H3/p+1/b10-8-,16-14-,17-15-,22-20-,23-21-,26-25-,29-28-,32-31-,35-34-,38-37-. The van der Waals surface area contributed by atoms with Crippen molar-refractivity contribution in [3.8, 4) is 0 Å². The summed E-state index contributed by atoms with van der Waals surface area (Å²) in [5, 5.41) is 0. The lowest BCUT2D eigenvalue weighted by atomic mass is 10.0. The first-order valence-corrected chi connectivity index (χ1v) is 33.8. The summed E-state index contributed by atoms with van der Waals surface area (Å²) in [6.45, 7) is 4.29. The summed E-state index contributed by atoms with van der Waals surface area (Å²) in [5.41, 5.74) is 0. The lowest BCUT2D eigenvalue weighted by Gasteiger charge is -2.24. The highest BCUT2D eigenvalue weighted by Crippen LogP contribution is 2.43. The van der Waals surface area contributed by atoms with Crippen LogP contribution in [0.5, 0.6) is 0 Å². The summed E-state index contributed by atoms with van der Waals surface area (Å²) in [6.07, 6.45) is 85.7. The first kappa shape index (κ1) is 76.4. The quantitative estimate of drug-likeness (QED) is 0.0211. The number of nitrogens with zero attached hydrogens (tertiary/aromatic N) is 1. The third-order valence-electron chi connectivity index (χ3n) is 13.5. The molecule has 0 aliphatic heterocycles. The monoisotopic (exact) mass is 1130 g/mol. The number of unbranched alkanes of at least 4 members (excludes halogenated alkanes) is 24. The molecule has 10 heteroatoms. The molecule has 0 amide bonds. The number of carbonyl (C=O) groups excluding carboxylic acids is 2. The number of likely N-dealkylation sites (N-methyl/N-ethyl adjacent to an activating group) is 1. The van der Waals surface area contributed by atoms with Crippen molar-refractivity contribution in [3.05, 3.63) is 122 Å². The molecule has 0 saturated heterocycles. The van der Waals surface area contributed by atoms with E-state index in [2.05, 4.69) is 135 Å². The van der Waals surface area contributed by atoms with Gasteiger partial charge in [-0.2, -0.15) is 0 Å². The molecule has 0 aromatic carbocycles. The summed E-state index contributed by atoms with van der Waals surface area (Å²) in [5.74, 6) is -0.808. The SMILES string of the molecule is CC/C=C\C/C=C\C/C=C\C/C=C\C/C=C\C/C=C\C/C=C\C/C=C\CCCCCCCCCCCCCCCCC(=O)OC(COC(=O)CCCCCCCCC/C=C\C/C=C\CCCCC)COP(=O)(O)OCC[N+](C)(C)C. The molecule has 0 aromatic rings. The van der Waals surface area contributed by atoms with Gasteiger partial charge in [-0.3, -0.25) is 18.6 Å². The number of carbonyl (C=O) groups is 2. The van der Waals surface area contributed by atoms with Crippen LogP contribution in [0.3, 0.4) is 0 Å². The van der Waals surface area contributed by atoms with Crippen LogP contribution in [0.15, 0.2) is 122 Å². The van der Waals surface area contributed by atoms with Gasteiger partial charge in [-0.15, -0.1) is 0 Å². The molecule has 2 unspecified atom stereocenters. The predicted octanol–water partition coefficient (Wildman–Crippen LogP) is 20.7. The van der Waals surface area contributed by atoms with Gasteiger partial charge in [0.05, 0.1) is 27.7 Å². The Morgan fingerprint density at radius 2 is 0.713 bits per heavy atom. The molecule has 458 valence electrons. The smallest absolute Gasteiger partial charge is 0.462 e. The Morgan fingerprint density at radius 3 is 1.06 bits per heavy atom. The maximum absolute atomic E-state index is 12.8. The zero-order valence-corrected chi connectivity index (χ0v) is 52.9. The lowest BCUT2D eigenvalue weighted by molar-refractivity contribution is -0.870. The van der Waals surface area contributed by atoms with E-state index < -0.39 is 26.5 Å². The molecule has 0 aliphatic rings. The zero-order valence-electron chi connectivity index (χ0n) is 52.0. The summed E-state index contributed by atoms with van der Waals surface area (Å²) in [7, 11) is 1.46. The van der Waals surface area contributed by atoms with Gasteiger partial charge in [0.1, 0.15) is 19.8 Å². The molecule has 1 N–H and O–H groups in total. The van der Waals surface area contributed by atoms with Crippen molar-refractivity contribution in [2.24, 2.45) is 0 Å². The van der Waals surface area contributed by atoms with E-state index in [4.69, 9.17) is 18.5 Å². The van der Waals surface area contributed by atoms with Gasteiger partial charge in [-0.1, -0.05) is 257 Å². The van der Waals surface area contributed by atoms with Crippen molar-refractivity contribution < 1.29 is 42.1 Å². The van der Waals surface area contributed by atoms with E-state index in [1.54, 1.807) is 0 Å². The number of quaternary nitrogens is 1.